The molecule has 1 fully saturated rings. The van der Waals surface area contributed by atoms with Crippen molar-refractivity contribution < 1.29 is 27.9 Å². The smallest absolute Gasteiger partial charge is 0.433 e. The summed E-state index contributed by atoms with van der Waals surface area (Å²) in [6.45, 7) is 3.24. The van der Waals surface area contributed by atoms with E-state index in [0.717, 1.165) is 24.8 Å². The van der Waals surface area contributed by atoms with E-state index in [-0.39, 0.29) is 29.7 Å². The Morgan fingerprint density at radius 1 is 1.27 bits per heavy atom. The molecule has 14 heteroatoms. The van der Waals surface area contributed by atoms with Crippen molar-refractivity contribution in [1.82, 2.24) is 35.2 Å². The molecule has 5 rings (SSSR count). The minimum absolute atomic E-state index is 0.109. The number of benzene rings is 1. The SMILES string of the molecule is CCc1cc(Nc2nccn3c(-c4cn[nH]c4C(F)(F)F)cnc23)ccc1C(=O)NC1CNC1.O=CO. The highest BCUT2D eigenvalue weighted by atomic mass is 19.4. The van der Waals surface area contributed by atoms with Crippen molar-refractivity contribution in [2.75, 3.05) is 18.4 Å². The topological polar surface area (TPSA) is 149 Å². The van der Waals surface area contributed by atoms with Gasteiger partial charge in [-0.25, -0.2) is 9.97 Å². The molecule has 3 aromatic heterocycles. The zero-order valence-electron chi connectivity index (χ0n) is 19.5. The summed E-state index contributed by atoms with van der Waals surface area (Å²) in [5, 5.41) is 21.7. The number of carboxylic acid groups (broad SMARTS) is 1. The standard InChI is InChI=1S/C22H21F3N8O.CH2O2/c1-2-12-7-13(3-4-15(12)21(34)31-14-8-26-9-14)30-19-20-28-11-17(33(20)6-5-27-19)16-10-29-32-18(16)22(23,24)25;2-1-3/h3-7,10-11,14,26H,2,8-9H2,1H3,(H,27,30)(H,29,32)(H,31,34);1H,(H,2,3). The molecule has 1 amide bonds. The summed E-state index contributed by atoms with van der Waals surface area (Å²) in [7, 11) is 0. The molecule has 1 aliphatic heterocycles. The van der Waals surface area contributed by atoms with Crippen LogP contribution in [0.2, 0.25) is 0 Å². The lowest BCUT2D eigenvalue weighted by Gasteiger charge is -2.28. The molecule has 4 heterocycles. The summed E-state index contributed by atoms with van der Waals surface area (Å²) in [6.07, 6.45) is 1.55. The number of aromatic amines is 1. The van der Waals surface area contributed by atoms with Gasteiger partial charge in [0, 0.05) is 36.7 Å². The zero-order chi connectivity index (χ0) is 26.6. The van der Waals surface area contributed by atoms with Gasteiger partial charge in [0.25, 0.3) is 12.4 Å². The van der Waals surface area contributed by atoms with E-state index in [1.54, 1.807) is 12.1 Å². The first-order chi connectivity index (χ1) is 17.8. The molecule has 4 aromatic rings. The number of alkyl halides is 3. The van der Waals surface area contributed by atoms with Crippen LogP contribution < -0.4 is 16.0 Å². The van der Waals surface area contributed by atoms with Gasteiger partial charge in [-0.15, -0.1) is 0 Å². The first kappa shape index (κ1) is 25.6. The molecule has 11 nitrogen and oxygen atoms in total. The van der Waals surface area contributed by atoms with E-state index in [1.165, 1.54) is 23.0 Å². The second-order valence-electron chi connectivity index (χ2n) is 8.05. The van der Waals surface area contributed by atoms with Crippen molar-refractivity contribution in [2.24, 2.45) is 0 Å². The maximum Gasteiger partial charge on any atom is 0.433 e. The van der Waals surface area contributed by atoms with Gasteiger partial charge in [0.2, 0.25) is 0 Å². The molecule has 1 aromatic carbocycles. The monoisotopic (exact) mass is 516 g/mol. The summed E-state index contributed by atoms with van der Waals surface area (Å²) < 4.78 is 41.5. The lowest BCUT2D eigenvalue weighted by atomic mass is 10.0. The quantitative estimate of drug-likeness (QED) is 0.246. The molecule has 0 spiro atoms. The predicted octanol–water partition coefficient (Wildman–Crippen LogP) is 2.85. The Labute approximate surface area is 208 Å². The predicted molar refractivity (Wildman–Crippen MR) is 127 cm³/mol. The molecule has 0 atom stereocenters. The number of imidazole rings is 1. The molecule has 0 radical (unpaired) electrons. The minimum atomic E-state index is -4.58. The Hall–Kier alpha value is -4.46. The highest BCUT2D eigenvalue weighted by molar-refractivity contribution is 5.96. The molecule has 5 N–H and O–H groups in total. The molecular weight excluding hydrogens is 493 g/mol. The second-order valence-corrected chi connectivity index (χ2v) is 8.05. The Kier molecular flexibility index (Phi) is 7.38. The molecule has 0 aliphatic carbocycles. The summed E-state index contributed by atoms with van der Waals surface area (Å²) in [6, 6.07) is 5.52. The molecule has 0 unspecified atom stereocenters. The fourth-order valence-electron chi connectivity index (χ4n) is 3.88. The summed E-state index contributed by atoms with van der Waals surface area (Å²) in [5.41, 5.74) is 1.68. The third-order valence-corrected chi connectivity index (χ3v) is 5.74. The first-order valence-electron chi connectivity index (χ1n) is 11.2. The average Bonchev–Trinajstić information content (AvgIpc) is 3.49. The van der Waals surface area contributed by atoms with Gasteiger partial charge in [0.1, 0.15) is 5.69 Å². The van der Waals surface area contributed by atoms with Crippen LogP contribution >= 0.6 is 0 Å². The third kappa shape index (κ3) is 5.38. The first-order valence-corrected chi connectivity index (χ1v) is 11.2. The van der Waals surface area contributed by atoms with Crippen LogP contribution in [-0.4, -0.2) is 61.2 Å². The van der Waals surface area contributed by atoms with Gasteiger partial charge in [0.05, 0.1) is 29.7 Å². The number of carbonyl (C=O) groups is 2. The van der Waals surface area contributed by atoms with Gasteiger partial charge >= 0.3 is 6.18 Å². The molecule has 194 valence electrons. The fraction of sp³-hybridized carbons (Fsp3) is 0.261. The maximum absolute atomic E-state index is 13.3. The summed E-state index contributed by atoms with van der Waals surface area (Å²) in [5.74, 6) is 0.249. The van der Waals surface area contributed by atoms with Crippen molar-refractivity contribution in [3.05, 3.63) is 59.8 Å². The highest BCUT2D eigenvalue weighted by Crippen LogP contribution is 2.36. The number of aromatic nitrogens is 5. The van der Waals surface area contributed by atoms with E-state index in [4.69, 9.17) is 9.90 Å². The van der Waals surface area contributed by atoms with Gasteiger partial charge in [-0.2, -0.15) is 18.3 Å². The number of halogens is 3. The molecule has 0 bridgehead atoms. The van der Waals surface area contributed by atoms with Gasteiger partial charge in [-0.3, -0.25) is 19.1 Å². The Morgan fingerprint density at radius 2 is 2.03 bits per heavy atom. The van der Waals surface area contributed by atoms with E-state index in [9.17, 15) is 18.0 Å². The number of carbonyl (C=O) groups excluding carboxylic acids is 1. The number of aryl methyl sites for hydroxylation is 1. The van der Waals surface area contributed by atoms with E-state index in [0.29, 0.717) is 29.1 Å². The number of anilines is 2. The lowest BCUT2D eigenvalue weighted by molar-refractivity contribution is -0.140. The van der Waals surface area contributed by atoms with Crippen molar-refractivity contribution in [2.45, 2.75) is 25.6 Å². The number of rotatable bonds is 6. The van der Waals surface area contributed by atoms with Crippen LogP contribution in [0, 0.1) is 0 Å². The van der Waals surface area contributed by atoms with Crippen LogP contribution in [0.4, 0.5) is 24.7 Å². The van der Waals surface area contributed by atoms with E-state index >= 15 is 0 Å². The number of H-pyrrole nitrogens is 1. The number of hydrogen-bond donors (Lipinski definition) is 5. The molecule has 0 saturated carbocycles. The number of fused-ring (bicyclic) bond motifs is 1. The molecule has 1 saturated heterocycles. The zero-order valence-corrected chi connectivity index (χ0v) is 19.5. The minimum Gasteiger partial charge on any atom is -0.483 e. The van der Waals surface area contributed by atoms with E-state index in [1.807, 2.05) is 18.1 Å². The van der Waals surface area contributed by atoms with Crippen molar-refractivity contribution in [3.8, 4) is 11.3 Å². The number of nitrogens with one attached hydrogen (secondary N) is 4. The van der Waals surface area contributed by atoms with Gasteiger partial charge in [-0.05, 0) is 30.2 Å². The number of hydrogen-bond acceptors (Lipinski definition) is 7. The normalized spacial score (nSPS) is 13.4. The highest BCUT2D eigenvalue weighted by Gasteiger charge is 2.36. The fourth-order valence-corrected chi connectivity index (χ4v) is 3.88. The van der Waals surface area contributed by atoms with E-state index in [2.05, 4.69) is 31.0 Å². The summed E-state index contributed by atoms with van der Waals surface area (Å²) >= 11 is 0. The third-order valence-electron chi connectivity index (χ3n) is 5.74. The van der Waals surface area contributed by atoms with Gasteiger partial charge in [-0.1, -0.05) is 6.92 Å². The van der Waals surface area contributed by atoms with Gasteiger partial charge in [0.15, 0.2) is 11.5 Å². The van der Waals surface area contributed by atoms with Crippen LogP contribution in [0.1, 0.15) is 28.5 Å². The Bertz CT molecular complexity index is 1410. The second kappa shape index (κ2) is 10.7. The van der Waals surface area contributed by atoms with E-state index < -0.39 is 11.9 Å². The van der Waals surface area contributed by atoms with Crippen molar-refractivity contribution in [1.29, 1.82) is 0 Å². The largest absolute Gasteiger partial charge is 0.483 e. The number of amides is 1. The van der Waals surface area contributed by atoms with Crippen LogP contribution in [0.3, 0.4) is 0 Å². The van der Waals surface area contributed by atoms with Crippen molar-refractivity contribution in [3.63, 3.8) is 0 Å². The Morgan fingerprint density at radius 3 is 2.68 bits per heavy atom. The van der Waals surface area contributed by atoms with Crippen LogP contribution in [-0.2, 0) is 17.4 Å². The number of nitrogens with zero attached hydrogens (tertiary/aromatic N) is 4. The van der Waals surface area contributed by atoms with Crippen LogP contribution in [0.15, 0.2) is 43.0 Å². The lowest BCUT2D eigenvalue weighted by Crippen LogP contribution is -2.57. The van der Waals surface area contributed by atoms with Crippen LogP contribution in [0.5, 0.6) is 0 Å². The molecule has 37 heavy (non-hydrogen) atoms. The molecular formula is C23H23F3N8O3. The summed E-state index contributed by atoms with van der Waals surface area (Å²) in [4.78, 5) is 29.6. The van der Waals surface area contributed by atoms with Crippen LogP contribution in [0.25, 0.3) is 16.9 Å². The Balaban J connectivity index is 0.00000102. The van der Waals surface area contributed by atoms with Crippen molar-refractivity contribution >= 4 is 29.5 Å². The molecule has 1 aliphatic rings. The van der Waals surface area contributed by atoms with Gasteiger partial charge < -0.3 is 21.1 Å². The maximum atomic E-state index is 13.3. The average molecular weight is 516 g/mol.